The number of benzene rings is 1. The summed E-state index contributed by atoms with van der Waals surface area (Å²) >= 11 is 1.77. The van der Waals surface area contributed by atoms with Crippen molar-refractivity contribution in [3.05, 3.63) is 57.8 Å². The van der Waals surface area contributed by atoms with E-state index in [1.54, 1.807) is 18.3 Å². The normalized spacial score (nSPS) is 16.5. The van der Waals surface area contributed by atoms with Gasteiger partial charge in [-0.2, -0.15) is 0 Å². The molecule has 0 radical (unpaired) electrons. The summed E-state index contributed by atoms with van der Waals surface area (Å²) in [5.74, 6) is -0.219. The van der Waals surface area contributed by atoms with E-state index in [9.17, 15) is 9.59 Å². The Balaban J connectivity index is 1.49. The summed E-state index contributed by atoms with van der Waals surface area (Å²) in [5.41, 5.74) is 1.81. The number of hydrogen-bond acceptors (Lipinski definition) is 4. The lowest BCUT2D eigenvalue weighted by Gasteiger charge is -2.35. The largest absolute Gasteiger partial charge is 0.341 e. The standard InChI is InChI=1S/C23H31N3O2S/c1-17(24-21(27)18-7-9-19(10-8-18)23(2,3)4)22(28)26-13-11-25(12-14-26)16-20-6-5-15-29-20/h5-10,15,17H,11-14,16H2,1-4H3,(H,24,27)/t17-/m0/s1. The Morgan fingerprint density at radius 3 is 2.28 bits per heavy atom. The lowest BCUT2D eigenvalue weighted by molar-refractivity contribution is -0.134. The van der Waals surface area contributed by atoms with Crippen molar-refractivity contribution in [3.8, 4) is 0 Å². The number of piperazine rings is 1. The van der Waals surface area contributed by atoms with Crippen LogP contribution in [0.1, 0.15) is 48.5 Å². The van der Waals surface area contributed by atoms with Crippen LogP contribution in [-0.4, -0.2) is 53.8 Å². The van der Waals surface area contributed by atoms with Crippen molar-refractivity contribution >= 4 is 23.2 Å². The molecule has 3 rings (SSSR count). The molecule has 1 aliphatic rings. The van der Waals surface area contributed by atoms with Gasteiger partial charge in [-0.25, -0.2) is 0 Å². The van der Waals surface area contributed by atoms with Crippen molar-refractivity contribution in [3.63, 3.8) is 0 Å². The summed E-state index contributed by atoms with van der Waals surface area (Å²) in [6.07, 6.45) is 0. The Kier molecular flexibility index (Phi) is 6.75. The van der Waals surface area contributed by atoms with Gasteiger partial charge in [0.05, 0.1) is 0 Å². The van der Waals surface area contributed by atoms with E-state index in [0.29, 0.717) is 18.7 Å². The highest BCUT2D eigenvalue weighted by Gasteiger charge is 2.26. The molecule has 29 heavy (non-hydrogen) atoms. The van der Waals surface area contributed by atoms with Crippen LogP contribution in [0.5, 0.6) is 0 Å². The average Bonchev–Trinajstić information content (AvgIpc) is 3.20. The summed E-state index contributed by atoms with van der Waals surface area (Å²) in [6, 6.07) is 11.3. The highest BCUT2D eigenvalue weighted by atomic mass is 32.1. The van der Waals surface area contributed by atoms with Gasteiger partial charge in [0.2, 0.25) is 5.91 Å². The molecule has 156 valence electrons. The maximum atomic E-state index is 12.8. The van der Waals surface area contributed by atoms with Gasteiger partial charge in [-0.05, 0) is 41.5 Å². The molecule has 0 saturated carbocycles. The Morgan fingerprint density at radius 2 is 1.72 bits per heavy atom. The van der Waals surface area contributed by atoms with Crippen molar-refractivity contribution in [1.82, 2.24) is 15.1 Å². The highest BCUT2D eigenvalue weighted by molar-refractivity contribution is 7.09. The van der Waals surface area contributed by atoms with Crippen LogP contribution in [-0.2, 0) is 16.8 Å². The molecule has 1 N–H and O–H groups in total. The topological polar surface area (TPSA) is 52.7 Å². The predicted octanol–water partition coefficient (Wildman–Crippen LogP) is 3.51. The third-order valence-corrected chi connectivity index (χ3v) is 6.24. The maximum absolute atomic E-state index is 12.8. The van der Waals surface area contributed by atoms with Gasteiger partial charge in [-0.1, -0.05) is 39.0 Å². The summed E-state index contributed by atoms with van der Waals surface area (Å²) in [6.45, 7) is 12.2. The molecule has 1 fully saturated rings. The third-order valence-electron chi connectivity index (χ3n) is 5.37. The maximum Gasteiger partial charge on any atom is 0.251 e. The molecule has 0 unspecified atom stereocenters. The fourth-order valence-corrected chi connectivity index (χ4v) is 4.23. The van der Waals surface area contributed by atoms with Gasteiger partial charge in [0.1, 0.15) is 6.04 Å². The van der Waals surface area contributed by atoms with E-state index in [2.05, 4.69) is 48.5 Å². The Labute approximate surface area is 177 Å². The molecular weight excluding hydrogens is 382 g/mol. The van der Waals surface area contributed by atoms with E-state index in [-0.39, 0.29) is 17.2 Å². The quantitative estimate of drug-likeness (QED) is 0.816. The number of nitrogens with one attached hydrogen (secondary N) is 1. The van der Waals surface area contributed by atoms with E-state index in [4.69, 9.17) is 0 Å². The fraction of sp³-hybridized carbons (Fsp3) is 0.478. The van der Waals surface area contributed by atoms with Gasteiger partial charge in [0.25, 0.3) is 5.91 Å². The molecule has 1 aromatic heterocycles. The smallest absolute Gasteiger partial charge is 0.251 e. The molecule has 5 nitrogen and oxygen atoms in total. The molecule has 6 heteroatoms. The van der Waals surface area contributed by atoms with Gasteiger partial charge in [-0.15, -0.1) is 11.3 Å². The first kappa shape index (κ1) is 21.5. The van der Waals surface area contributed by atoms with Crippen molar-refractivity contribution in [2.45, 2.75) is 45.7 Å². The van der Waals surface area contributed by atoms with Crippen LogP contribution in [0.3, 0.4) is 0 Å². The van der Waals surface area contributed by atoms with Crippen LogP contribution in [0, 0.1) is 0 Å². The van der Waals surface area contributed by atoms with E-state index in [1.165, 1.54) is 10.4 Å². The zero-order valence-corrected chi connectivity index (χ0v) is 18.6. The van der Waals surface area contributed by atoms with Crippen LogP contribution in [0.4, 0.5) is 0 Å². The predicted molar refractivity (Wildman–Crippen MR) is 118 cm³/mol. The first-order chi connectivity index (χ1) is 13.7. The van der Waals surface area contributed by atoms with Crippen molar-refractivity contribution in [2.75, 3.05) is 26.2 Å². The number of hydrogen-bond donors (Lipinski definition) is 1. The molecule has 2 heterocycles. The van der Waals surface area contributed by atoms with Crippen LogP contribution in [0.25, 0.3) is 0 Å². The second-order valence-corrected chi connectivity index (χ2v) is 9.74. The lowest BCUT2D eigenvalue weighted by atomic mass is 9.86. The van der Waals surface area contributed by atoms with Crippen molar-refractivity contribution in [1.29, 1.82) is 0 Å². The number of amides is 2. The molecule has 0 bridgehead atoms. The lowest BCUT2D eigenvalue weighted by Crippen LogP contribution is -2.53. The van der Waals surface area contributed by atoms with Crippen LogP contribution >= 0.6 is 11.3 Å². The summed E-state index contributed by atoms with van der Waals surface area (Å²) in [4.78, 5) is 30.9. The molecule has 1 aliphatic heterocycles. The second-order valence-electron chi connectivity index (χ2n) is 8.70. The molecular formula is C23H31N3O2S. The zero-order valence-electron chi connectivity index (χ0n) is 17.8. The van der Waals surface area contributed by atoms with Gasteiger partial charge in [-0.3, -0.25) is 14.5 Å². The Bertz CT molecular complexity index is 817. The number of nitrogens with zero attached hydrogens (tertiary/aromatic N) is 2. The van der Waals surface area contributed by atoms with Crippen LogP contribution in [0.2, 0.25) is 0 Å². The van der Waals surface area contributed by atoms with E-state index in [0.717, 1.165) is 19.6 Å². The fourth-order valence-electron chi connectivity index (χ4n) is 3.49. The van der Waals surface area contributed by atoms with Crippen molar-refractivity contribution < 1.29 is 9.59 Å². The monoisotopic (exact) mass is 413 g/mol. The minimum atomic E-state index is -0.534. The number of carbonyl (C=O) groups is 2. The summed E-state index contributed by atoms with van der Waals surface area (Å²) < 4.78 is 0. The highest BCUT2D eigenvalue weighted by Crippen LogP contribution is 2.22. The van der Waals surface area contributed by atoms with Crippen LogP contribution in [0.15, 0.2) is 41.8 Å². The summed E-state index contributed by atoms with van der Waals surface area (Å²) in [5, 5.41) is 4.95. The zero-order chi connectivity index (χ0) is 21.0. The molecule has 1 saturated heterocycles. The second kappa shape index (κ2) is 9.09. The molecule has 1 atom stereocenters. The SMILES string of the molecule is C[C@H](NC(=O)c1ccc(C(C)(C)C)cc1)C(=O)N1CCN(Cc2cccs2)CC1. The van der Waals surface area contributed by atoms with E-state index < -0.39 is 6.04 Å². The summed E-state index contributed by atoms with van der Waals surface area (Å²) in [7, 11) is 0. The molecule has 2 aromatic rings. The number of thiophene rings is 1. The third kappa shape index (κ3) is 5.67. The molecule has 0 aliphatic carbocycles. The number of carbonyl (C=O) groups excluding carboxylic acids is 2. The molecule has 1 aromatic carbocycles. The molecule has 2 amide bonds. The minimum absolute atomic E-state index is 0.0135. The van der Waals surface area contributed by atoms with Gasteiger partial charge >= 0.3 is 0 Å². The Morgan fingerprint density at radius 1 is 1.07 bits per heavy atom. The van der Waals surface area contributed by atoms with Crippen molar-refractivity contribution in [2.24, 2.45) is 0 Å². The number of rotatable bonds is 5. The average molecular weight is 414 g/mol. The first-order valence-corrected chi connectivity index (χ1v) is 11.1. The van der Waals surface area contributed by atoms with Gasteiger partial charge in [0, 0.05) is 43.2 Å². The van der Waals surface area contributed by atoms with Crippen LogP contribution < -0.4 is 5.32 Å². The van der Waals surface area contributed by atoms with Gasteiger partial charge in [0.15, 0.2) is 0 Å². The Hall–Kier alpha value is -2.18. The van der Waals surface area contributed by atoms with E-state index >= 15 is 0 Å². The molecule has 0 spiro atoms. The van der Waals surface area contributed by atoms with E-state index in [1.807, 2.05) is 29.2 Å². The van der Waals surface area contributed by atoms with Gasteiger partial charge < -0.3 is 10.2 Å². The minimum Gasteiger partial charge on any atom is -0.341 e. The first-order valence-electron chi connectivity index (χ1n) is 10.2.